The van der Waals surface area contributed by atoms with E-state index in [0.717, 1.165) is 0 Å². The van der Waals surface area contributed by atoms with Gasteiger partial charge in [0, 0.05) is 6.26 Å². The average Bonchev–Trinajstić information content (AvgIpc) is 1.35. The molecule has 0 rings (SSSR count). The van der Waals surface area contributed by atoms with Gasteiger partial charge in [0.25, 0.3) is 0 Å². The van der Waals surface area contributed by atoms with Crippen molar-refractivity contribution in [1.29, 1.82) is 0 Å². The Kier molecular flexibility index (Phi) is 2.07. The number of hydrogen-bond donors (Lipinski definition) is 0. The predicted molar refractivity (Wildman–Crippen MR) is 28.6 cm³/mol. The average molecular weight is 173 g/mol. The van der Waals surface area contributed by atoms with Gasteiger partial charge in [0.15, 0.2) is 9.84 Å². The summed E-state index contributed by atoms with van der Waals surface area (Å²) in [6, 6.07) is 0. The first-order chi connectivity index (χ1) is 2.56. The van der Waals surface area contributed by atoms with Crippen LogP contribution in [0.25, 0.3) is 0 Å². The Morgan fingerprint density at radius 1 is 1.67 bits per heavy atom. The molecule has 0 aromatic carbocycles. The maximum atomic E-state index is 9.95. The van der Waals surface area contributed by atoms with Crippen LogP contribution in [0.1, 0.15) is 0 Å². The molecule has 0 atom stereocenters. The predicted octanol–water partition coefficient (Wildman–Crippen LogP) is 0.383. The second-order valence-corrected chi connectivity index (χ2v) is 4.48. The highest BCUT2D eigenvalue weighted by atomic mass is 79.9. The van der Waals surface area contributed by atoms with Gasteiger partial charge in [-0.25, -0.2) is 8.42 Å². The van der Waals surface area contributed by atoms with Gasteiger partial charge in [0.2, 0.25) is 0 Å². The van der Waals surface area contributed by atoms with Crippen molar-refractivity contribution < 1.29 is 8.42 Å². The Bertz CT molecular complexity index is 114. The van der Waals surface area contributed by atoms with E-state index >= 15 is 0 Å². The van der Waals surface area contributed by atoms with Crippen molar-refractivity contribution in [3.8, 4) is 0 Å². The number of hydrogen-bond acceptors (Lipinski definition) is 2. The fourth-order valence-electron chi connectivity index (χ4n) is 0. The third-order valence-corrected chi connectivity index (χ3v) is 3.09. The Hall–Kier alpha value is 0.430. The number of sulfone groups is 1. The maximum Gasteiger partial charge on any atom is 0.157 e. The lowest BCUT2D eigenvalue weighted by Crippen LogP contribution is -1.93. The van der Waals surface area contributed by atoms with E-state index in [-0.39, 0.29) is 4.66 Å². The maximum absolute atomic E-state index is 9.95. The van der Waals surface area contributed by atoms with Crippen molar-refractivity contribution in [2.75, 3.05) is 10.9 Å². The van der Waals surface area contributed by atoms with Crippen molar-refractivity contribution >= 4 is 25.8 Å². The van der Waals surface area contributed by atoms with Gasteiger partial charge >= 0.3 is 0 Å². The lowest BCUT2D eigenvalue weighted by atomic mass is 11.9. The molecule has 0 fully saturated rings. The van der Waals surface area contributed by atoms with E-state index < -0.39 is 9.84 Å². The molecule has 0 aliphatic rings. The topological polar surface area (TPSA) is 34.1 Å². The van der Waals surface area contributed by atoms with Gasteiger partial charge in [0.05, 0.1) is 0 Å². The zero-order valence-electron chi connectivity index (χ0n) is 3.31. The van der Waals surface area contributed by atoms with Gasteiger partial charge < -0.3 is 0 Å². The molecular weight excluding hydrogens is 168 g/mol. The van der Waals surface area contributed by atoms with E-state index in [1.54, 1.807) is 0 Å². The van der Waals surface area contributed by atoms with Crippen LogP contribution in [0.5, 0.6) is 0 Å². The summed E-state index contributed by atoms with van der Waals surface area (Å²) in [5.74, 6) is 0. The van der Waals surface area contributed by atoms with Crippen molar-refractivity contribution in [2.45, 2.75) is 0 Å². The molecule has 4 heteroatoms. The normalized spacial score (nSPS) is 11.7. The largest absolute Gasteiger partial charge is 0.228 e. The van der Waals surface area contributed by atoms with Crippen molar-refractivity contribution in [2.24, 2.45) is 0 Å². The standard InChI is InChI=1S/C2H5BrO2S/c1-6(4,5)2-3/h2H2,1H3. The first-order valence-corrected chi connectivity index (χ1v) is 4.48. The lowest BCUT2D eigenvalue weighted by molar-refractivity contribution is 0.606. The molecule has 0 amide bonds. The molecule has 0 aliphatic carbocycles. The molecule has 0 unspecified atom stereocenters. The molecule has 0 radical (unpaired) electrons. The summed E-state index contributed by atoms with van der Waals surface area (Å²) in [6.07, 6.45) is 1.17. The molecule has 0 N–H and O–H groups in total. The van der Waals surface area contributed by atoms with Crippen LogP contribution in [-0.4, -0.2) is 19.3 Å². The van der Waals surface area contributed by atoms with Crippen molar-refractivity contribution in [1.82, 2.24) is 0 Å². The minimum absolute atomic E-state index is 0.0556. The summed E-state index contributed by atoms with van der Waals surface area (Å²) in [5, 5.41) is 0. The molecule has 0 saturated heterocycles. The summed E-state index contributed by atoms with van der Waals surface area (Å²) < 4.78 is 20.0. The quantitative estimate of drug-likeness (QED) is 0.537. The van der Waals surface area contributed by atoms with Gasteiger partial charge in [-0.15, -0.1) is 0 Å². The highest BCUT2D eigenvalue weighted by Gasteiger charge is 1.92. The molecule has 0 aromatic heterocycles. The summed E-state index contributed by atoms with van der Waals surface area (Å²) in [5.41, 5.74) is 0. The summed E-state index contributed by atoms with van der Waals surface area (Å²) >= 11 is 2.78. The highest BCUT2D eigenvalue weighted by Crippen LogP contribution is 1.86. The molecule has 6 heavy (non-hydrogen) atoms. The van der Waals surface area contributed by atoms with E-state index in [2.05, 4.69) is 15.9 Å². The highest BCUT2D eigenvalue weighted by molar-refractivity contribution is 9.10. The molecule has 0 heterocycles. The summed E-state index contributed by atoms with van der Waals surface area (Å²) in [7, 11) is -2.75. The number of halogens is 1. The Balaban J connectivity index is 3.85. The first kappa shape index (κ1) is 6.43. The van der Waals surface area contributed by atoms with Crippen LogP contribution in [-0.2, 0) is 9.84 Å². The van der Waals surface area contributed by atoms with Crippen LogP contribution >= 0.6 is 15.9 Å². The smallest absolute Gasteiger partial charge is 0.157 e. The third kappa shape index (κ3) is 4.43. The van der Waals surface area contributed by atoms with E-state index in [1.165, 1.54) is 6.26 Å². The summed E-state index contributed by atoms with van der Waals surface area (Å²) in [6.45, 7) is 0. The van der Waals surface area contributed by atoms with Crippen molar-refractivity contribution in [3.05, 3.63) is 0 Å². The minimum Gasteiger partial charge on any atom is -0.228 e. The molecular formula is C2H5BrO2S. The Morgan fingerprint density at radius 3 is 1.83 bits per heavy atom. The minimum atomic E-state index is -2.75. The number of rotatable bonds is 1. The van der Waals surface area contributed by atoms with Crippen LogP contribution in [0.3, 0.4) is 0 Å². The van der Waals surface area contributed by atoms with Gasteiger partial charge in [0.1, 0.15) is 4.66 Å². The van der Waals surface area contributed by atoms with Crippen LogP contribution < -0.4 is 0 Å². The van der Waals surface area contributed by atoms with Gasteiger partial charge in [-0.05, 0) is 0 Å². The zero-order valence-corrected chi connectivity index (χ0v) is 5.71. The summed E-state index contributed by atoms with van der Waals surface area (Å²) in [4.78, 5) is 0. The van der Waals surface area contributed by atoms with Gasteiger partial charge in [-0.3, -0.25) is 0 Å². The second kappa shape index (κ2) is 1.93. The molecule has 0 spiro atoms. The van der Waals surface area contributed by atoms with Crippen molar-refractivity contribution in [3.63, 3.8) is 0 Å². The molecule has 0 aliphatic heterocycles. The van der Waals surface area contributed by atoms with E-state index in [9.17, 15) is 8.42 Å². The third-order valence-electron chi connectivity index (χ3n) is 0.198. The molecule has 38 valence electrons. The van der Waals surface area contributed by atoms with Crippen LogP contribution in [0.2, 0.25) is 0 Å². The Morgan fingerprint density at radius 2 is 1.83 bits per heavy atom. The van der Waals surface area contributed by atoms with Crippen LogP contribution in [0.15, 0.2) is 0 Å². The van der Waals surface area contributed by atoms with Crippen LogP contribution in [0, 0.1) is 0 Å². The Labute approximate surface area is 45.6 Å². The van der Waals surface area contributed by atoms with Gasteiger partial charge in [-0.1, -0.05) is 15.9 Å². The molecule has 0 bridgehead atoms. The fraction of sp³-hybridized carbons (Fsp3) is 1.00. The first-order valence-electron chi connectivity index (χ1n) is 1.30. The molecule has 2 nitrogen and oxygen atoms in total. The monoisotopic (exact) mass is 172 g/mol. The lowest BCUT2D eigenvalue weighted by Gasteiger charge is -1.79. The van der Waals surface area contributed by atoms with E-state index in [0.29, 0.717) is 0 Å². The van der Waals surface area contributed by atoms with E-state index in [1.807, 2.05) is 0 Å². The van der Waals surface area contributed by atoms with Gasteiger partial charge in [-0.2, -0.15) is 0 Å². The fourth-order valence-corrected chi connectivity index (χ4v) is 0. The number of alkyl halides is 1. The zero-order chi connectivity index (χ0) is 5.21. The molecule has 0 saturated carbocycles. The molecule has 0 aromatic rings. The second-order valence-electron chi connectivity index (χ2n) is 1.03. The van der Waals surface area contributed by atoms with E-state index in [4.69, 9.17) is 0 Å². The van der Waals surface area contributed by atoms with Crippen LogP contribution in [0.4, 0.5) is 0 Å². The SMILES string of the molecule is CS(=O)(=O)CBr.